The Morgan fingerprint density at radius 1 is 1.28 bits per heavy atom. The molecule has 0 atom stereocenters. The molecule has 18 heavy (non-hydrogen) atoms. The number of nitrogens with two attached hydrogens (primary N) is 1. The normalized spacial score (nSPS) is 11.6. The third-order valence-corrected chi connectivity index (χ3v) is 4.72. The molecular weight excluding hydrogens is 252 g/mol. The highest BCUT2D eigenvalue weighted by molar-refractivity contribution is 7.92. The Labute approximate surface area is 107 Å². The Morgan fingerprint density at radius 2 is 1.83 bits per heavy atom. The van der Waals surface area contributed by atoms with Crippen molar-refractivity contribution >= 4 is 15.7 Å². The Bertz CT molecular complexity index is 507. The first-order valence-electron chi connectivity index (χ1n) is 5.67. The highest BCUT2D eigenvalue weighted by atomic mass is 32.2. The van der Waals surface area contributed by atoms with Gasteiger partial charge < -0.3 is 11.1 Å². The molecule has 0 unspecified atom stereocenters. The smallest absolute Gasteiger partial charge is 0.234 e. The van der Waals surface area contributed by atoms with E-state index in [9.17, 15) is 13.2 Å². The molecule has 0 heterocycles. The van der Waals surface area contributed by atoms with Gasteiger partial charge in [-0.1, -0.05) is 12.1 Å². The topological polar surface area (TPSA) is 89.3 Å². The lowest BCUT2D eigenvalue weighted by Gasteiger charge is -2.09. The van der Waals surface area contributed by atoms with Gasteiger partial charge in [0.1, 0.15) is 0 Å². The molecule has 6 heteroatoms. The van der Waals surface area contributed by atoms with E-state index in [0.717, 1.165) is 5.56 Å². The molecule has 0 aromatic heterocycles. The van der Waals surface area contributed by atoms with Gasteiger partial charge in [0.05, 0.1) is 16.7 Å². The number of benzene rings is 1. The second-order valence-electron chi connectivity index (χ2n) is 4.22. The van der Waals surface area contributed by atoms with Crippen molar-refractivity contribution in [1.29, 1.82) is 0 Å². The molecular formula is C12H18N2O3S. The van der Waals surface area contributed by atoms with Crippen molar-refractivity contribution in [3.63, 3.8) is 0 Å². The van der Waals surface area contributed by atoms with Gasteiger partial charge in [-0.2, -0.15) is 0 Å². The standard InChI is InChI=1S/C12H18N2O3S/c1-9(2)18(16,17)11-5-3-10(4-6-11)8-14-12(15)7-13/h3-6,9H,7-8,13H2,1-2H3,(H,14,15). The number of carbonyl (C=O) groups excluding carboxylic acids is 1. The number of rotatable bonds is 5. The van der Waals surface area contributed by atoms with Crippen LogP contribution in [0.5, 0.6) is 0 Å². The van der Waals surface area contributed by atoms with Crippen molar-refractivity contribution in [2.24, 2.45) is 5.73 Å². The van der Waals surface area contributed by atoms with Crippen LogP contribution < -0.4 is 11.1 Å². The molecule has 0 saturated heterocycles. The molecule has 1 rings (SSSR count). The van der Waals surface area contributed by atoms with Crippen LogP contribution in [0.1, 0.15) is 19.4 Å². The minimum Gasteiger partial charge on any atom is -0.351 e. The quantitative estimate of drug-likeness (QED) is 0.812. The van der Waals surface area contributed by atoms with Crippen LogP contribution in [0, 0.1) is 0 Å². The van der Waals surface area contributed by atoms with Gasteiger partial charge in [0.2, 0.25) is 5.91 Å². The van der Waals surface area contributed by atoms with Gasteiger partial charge in [-0.15, -0.1) is 0 Å². The first-order valence-corrected chi connectivity index (χ1v) is 7.22. The fourth-order valence-corrected chi connectivity index (χ4v) is 2.40. The van der Waals surface area contributed by atoms with E-state index >= 15 is 0 Å². The number of nitrogens with one attached hydrogen (secondary N) is 1. The maximum Gasteiger partial charge on any atom is 0.234 e. The molecule has 0 spiro atoms. The predicted octanol–water partition coefficient (Wildman–Crippen LogP) is 0.444. The largest absolute Gasteiger partial charge is 0.351 e. The number of hydrogen-bond acceptors (Lipinski definition) is 4. The van der Waals surface area contributed by atoms with Gasteiger partial charge in [0, 0.05) is 6.54 Å². The van der Waals surface area contributed by atoms with E-state index in [4.69, 9.17) is 5.73 Å². The van der Waals surface area contributed by atoms with E-state index in [2.05, 4.69) is 5.32 Å². The van der Waals surface area contributed by atoms with Gasteiger partial charge in [0.15, 0.2) is 9.84 Å². The van der Waals surface area contributed by atoms with Crippen LogP contribution in [-0.2, 0) is 21.2 Å². The van der Waals surface area contributed by atoms with Gasteiger partial charge in [0.25, 0.3) is 0 Å². The zero-order chi connectivity index (χ0) is 13.8. The van der Waals surface area contributed by atoms with Gasteiger partial charge in [-0.05, 0) is 31.5 Å². The summed E-state index contributed by atoms with van der Waals surface area (Å²) in [4.78, 5) is 11.3. The first-order chi connectivity index (χ1) is 8.37. The Morgan fingerprint density at radius 3 is 2.28 bits per heavy atom. The van der Waals surface area contributed by atoms with E-state index in [1.54, 1.807) is 38.1 Å². The molecule has 1 aromatic carbocycles. The third-order valence-electron chi connectivity index (χ3n) is 2.55. The van der Waals surface area contributed by atoms with E-state index in [1.807, 2.05) is 0 Å². The molecule has 1 amide bonds. The minimum absolute atomic E-state index is 0.0557. The van der Waals surface area contributed by atoms with Crippen molar-refractivity contribution in [2.45, 2.75) is 30.5 Å². The van der Waals surface area contributed by atoms with Gasteiger partial charge in [-0.3, -0.25) is 4.79 Å². The SMILES string of the molecule is CC(C)S(=O)(=O)c1ccc(CNC(=O)CN)cc1. The minimum atomic E-state index is -3.24. The Hall–Kier alpha value is -1.40. The lowest BCUT2D eigenvalue weighted by atomic mass is 10.2. The summed E-state index contributed by atoms with van der Waals surface area (Å²) in [6.07, 6.45) is 0. The third kappa shape index (κ3) is 3.54. The van der Waals surface area contributed by atoms with Crippen molar-refractivity contribution in [3.8, 4) is 0 Å². The average molecular weight is 270 g/mol. The zero-order valence-corrected chi connectivity index (χ0v) is 11.3. The molecule has 0 aliphatic carbocycles. The van der Waals surface area contributed by atoms with Crippen LogP contribution >= 0.6 is 0 Å². The summed E-state index contributed by atoms with van der Waals surface area (Å²) in [7, 11) is -3.24. The van der Waals surface area contributed by atoms with E-state index in [1.165, 1.54) is 0 Å². The number of hydrogen-bond donors (Lipinski definition) is 2. The molecule has 5 nitrogen and oxygen atoms in total. The van der Waals surface area contributed by atoms with E-state index in [-0.39, 0.29) is 12.5 Å². The molecule has 0 aliphatic rings. The predicted molar refractivity (Wildman–Crippen MR) is 69.7 cm³/mol. The number of carbonyl (C=O) groups is 1. The molecule has 0 radical (unpaired) electrons. The van der Waals surface area contributed by atoms with Crippen LogP contribution in [-0.4, -0.2) is 26.1 Å². The summed E-state index contributed by atoms with van der Waals surface area (Å²) >= 11 is 0. The number of amides is 1. The first kappa shape index (κ1) is 14.7. The Kier molecular flexibility index (Phi) is 4.86. The molecule has 100 valence electrons. The summed E-state index contributed by atoms with van der Waals surface area (Å²) in [6, 6.07) is 6.48. The van der Waals surface area contributed by atoms with Crippen molar-refractivity contribution in [2.75, 3.05) is 6.54 Å². The summed E-state index contributed by atoms with van der Waals surface area (Å²) < 4.78 is 23.7. The second-order valence-corrected chi connectivity index (χ2v) is 6.72. The Balaban J connectivity index is 2.78. The van der Waals surface area contributed by atoms with Crippen molar-refractivity contribution in [3.05, 3.63) is 29.8 Å². The fraction of sp³-hybridized carbons (Fsp3) is 0.417. The summed E-state index contributed by atoms with van der Waals surface area (Å²) in [5.74, 6) is -0.242. The van der Waals surface area contributed by atoms with E-state index in [0.29, 0.717) is 11.4 Å². The summed E-state index contributed by atoms with van der Waals surface area (Å²) in [6.45, 7) is 3.58. The second kappa shape index (κ2) is 5.97. The van der Waals surface area contributed by atoms with Crippen LogP contribution in [0.25, 0.3) is 0 Å². The highest BCUT2D eigenvalue weighted by Crippen LogP contribution is 2.16. The van der Waals surface area contributed by atoms with Crippen LogP contribution in [0.3, 0.4) is 0 Å². The average Bonchev–Trinajstić information content (AvgIpc) is 2.36. The monoisotopic (exact) mass is 270 g/mol. The molecule has 0 saturated carbocycles. The molecule has 0 fully saturated rings. The van der Waals surface area contributed by atoms with E-state index < -0.39 is 15.1 Å². The van der Waals surface area contributed by atoms with Crippen LogP contribution in [0.2, 0.25) is 0 Å². The lowest BCUT2D eigenvalue weighted by molar-refractivity contribution is -0.119. The van der Waals surface area contributed by atoms with Gasteiger partial charge >= 0.3 is 0 Å². The highest BCUT2D eigenvalue weighted by Gasteiger charge is 2.18. The number of sulfone groups is 1. The zero-order valence-electron chi connectivity index (χ0n) is 10.5. The molecule has 3 N–H and O–H groups in total. The van der Waals surface area contributed by atoms with Crippen LogP contribution in [0.4, 0.5) is 0 Å². The maximum atomic E-state index is 11.9. The lowest BCUT2D eigenvalue weighted by Crippen LogP contribution is -2.29. The molecule has 0 aliphatic heterocycles. The molecule has 1 aromatic rings. The maximum absolute atomic E-state index is 11.9. The van der Waals surface area contributed by atoms with Crippen LogP contribution in [0.15, 0.2) is 29.2 Å². The summed E-state index contributed by atoms with van der Waals surface area (Å²) in [5.41, 5.74) is 5.99. The van der Waals surface area contributed by atoms with Crippen molar-refractivity contribution < 1.29 is 13.2 Å². The summed E-state index contributed by atoms with van der Waals surface area (Å²) in [5, 5.41) is 2.17. The van der Waals surface area contributed by atoms with Crippen molar-refractivity contribution in [1.82, 2.24) is 5.32 Å². The fourth-order valence-electron chi connectivity index (χ4n) is 1.34. The van der Waals surface area contributed by atoms with Gasteiger partial charge in [-0.25, -0.2) is 8.42 Å². The molecule has 0 bridgehead atoms.